The molecule has 0 saturated heterocycles. The molecule has 1 aromatic carbocycles. The van der Waals surface area contributed by atoms with Gasteiger partial charge in [-0.3, -0.25) is 4.68 Å². The number of benzene rings is 1. The average Bonchev–Trinajstić information content (AvgIpc) is 3.17. The molecule has 1 N–H and O–H groups in total. The van der Waals surface area contributed by atoms with Gasteiger partial charge in [-0.2, -0.15) is 5.10 Å². The lowest BCUT2D eigenvalue weighted by Gasteiger charge is -2.09. The first-order chi connectivity index (χ1) is 11.1. The summed E-state index contributed by atoms with van der Waals surface area (Å²) in [6.07, 6.45) is 3.88. The van der Waals surface area contributed by atoms with E-state index in [0.29, 0.717) is 11.8 Å². The Bertz CT molecular complexity index is 759. The molecule has 3 rings (SSSR count). The highest BCUT2D eigenvalue weighted by Gasteiger charge is 2.14. The summed E-state index contributed by atoms with van der Waals surface area (Å²) < 4.78 is 7.69. The molecule has 3 aromatic rings. The fourth-order valence-corrected chi connectivity index (χ4v) is 2.29. The van der Waals surface area contributed by atoms with Gasteiger partial charge in [-0.1, -0.05) is 17.7 Å². The maximum Gasteiger partial charge on any atom is 0.247 e. The van der Waals surface area contributed by atoms with Gasteiger partial charge in [0.15, 0.2) is 0 Å². The quantitative estimate of drug-likeness (QED) is 0.758. The molecule has 0 aliphatic heterocycles. The van der Waals surface area contributed by atoms with Crippen molar-refractivity contribution in [2.75, 3.05) is 6.54 Å². The summed E-state index contributed by atoms with van der Waals surface area (Å²) in [5, 5.41) is 15.9. The zero-order valence-electron chi connectivity index (χ0n) is 13.7. The molecular formula is C17H21N5O. The van der Waals surface area contributed by atoms with E-state index in [2.05, 4.69) is 27.5 Å². The molecule has 23 heavy (non-hydrogen) atoms. The van der Waals surface area contributed by atoms with Crippen molar-refractivity contribution >= 4 is 0 Å². The molecule has 1 atom stereocenters. The van der Waals surface area contributed by atoms with Crippen molar-refractivity contribution in [3.63, 3.8) is 0 Å². The van der Waals surface area contributed by atoms with Crippen molar-refractivity contribution in [3.8, 4) is 11.5 Å². The maximum atomic E-state index is 5.77. The summed E-state index contributed by atoms with van der Waals surface area (Å²) in [5.74, 6) is 1.15. The minimum atomic E-state index is -0.00152. The molecule has 0 amide bonds. The molecule has 1 unspecified atom stereocenters. The molecule has 0 bridgehead atoms. The van der Waals surface area contributed by atoms with Gasteiger partial charge in [0.25, 0.3) is 0 Å². The Morgan fingerprint density at radius 3 is 2.61 bits per heavy atom. The molecule has 0 spiro atoms. The van der Waals surface area contributed by atoms with Gasteiger partial charge in [-0.05, 0) is 38.5 Å². The number of aryl methyl sites for hydroxylation is 2. The van der Waals surface area contributed by atoms with Crippen LogP contribution < -0.4 is 5.32 Å². The second kappa shape index (κ2) is 6.75. The minimum Gasteiger partial charge on any atom is -0.419 e. The highest BCUT2D eigenvalue weighted by Crippen LogP contribution is 2.20. The molecular weight excluding hydrogens is 290 g/mol. The van der Waals surface area contributed by atoms with Crippen LogP contribution in [0, 0.1) is 13.8 Å². The maximum absolute atomic E-state index is 5.77. The summed E-state index contributed by atoms with van der Waals surface area (Å²) >= 11 is 0. The van der Waals surface area contributed by atoms with Crippen molar-refractivity contribution in [3.05, 3.63) is 53.7 Å². The first-order valence-electron chi connectivity index (χ1n) is 7.75. The lowest BCUT2D eigenvalue weighted by molar-refractivity contribution is 0.411. The van der Waals surface area contributed by atoms with Crippen molar-refractivity contribution in [1.82, 2.24) is 25.3 Å². The fraction of sp³-hybridized carbons (Fsp3) is 0.353. The van der Waals surface area contributed by atoms with E-state index in [9.17, 15) is 0 Å². The molecule has 0 radical (unpaired) electrons. The normalized spacial score (nSPS) is 12.5. The lowest BCUT2D eigenvalue weighted by Crippen LogP contribution is -2.23. The molecule has 2 aromatic heterocycles. The number of nitrogens with zero attached hydrogens (tertiary/aromatic N) is 4. The second-order valence-corrected chi connectivity index (χ2v) is 5.77. The van der Waals surface area contributed by atoms with Gasteiger partial charge in [-0.15, -0.1) is 10.2 Å². The van der Waals surface area contributed by atoms with E-state index < -0.39 is 0 Å². The van der Waals surface area contributed by atoms with Gasteiger partial charge in [-0.25, -0.2) is 0 Å². The van der Waals surface area contributed by atoms with E-state index in [4.69, 9.17) is 4.42 Å². The summed E-state index contributed by atoms with van der Waals surface area (Å²) in [7, 11) is 0. The third kappa shape index (κ3) is 3.84. The summed E-state index contributed by atoms with van der Waals surface area (Å²) in [6.45, 7) is 7.68. The standard InChI is InChI=1S/C17H21N5O/c1-12-4-6-15(7-5-12)17-21-20-16(23-17)14(3)18-8-9-22-11-13(2)10-19-22/h4-7,10-11,14,18H,8-9H2,1-3H3. The zero-order valence-corrected chi connectivity index (χ0v) is 13.7. The van der Waals surface area contributed by atoms with Crippen LogP contribution >= 0.6 is 0 Å². The van der Waals surface area contributed by atoms with Crippen LogP contribution in [-0.4, -0.2) is 26.5 Å². The van der Waals surface area contributed by atoms with E-state index in [1.54, 1.807) is 0 Å². The van der Waals surface area contributed by atoms with Crippen molar-refractivity contribution in [1.29, 1.82) is 0 Å². The van der Waals surface area contributed by atoms with Crippen molar-refractivity contribution in [2.24, 2.45) is 0 Å². The molecule has 0 saturated carbocycles. The van der Waals surface area contributed by atoms with Gasteiger partial charge < -0.3 is 9.73 Å². The SMILES string of the molecule is Cc1ccc(-c2nnc(C(C)NCCn3cc(C)cn3)o2)cc1. The number of aromatic nitrogens is 4. The summed E-state index contributed by atoms with van der Waals surface area (Å²) in [5.41, 5.74) is 3.31. The van der Waals surface area contributed by atoms with Gasteiger partial charge in [0.05, 0.1) is 18.8 Å². The van der Waals surface area contributed by atoms with Gasteiger partial charge >= 0.3 is 0 Å². The Kier molecular flexibility index (Phi) is 4.52. The predicted molar refractivity (Wildman–Crippen MR) is 87.9 cm³/mol. The van der Waals surface area contributed by atoms with Crippen LogP contribution in [-0.2, 0) is 6.54 Å². The molecule has 0 aliphatic rings. The largest absolute Gasteiger partial charge is 0.419 e. The molecule has 0 aliphatic carbocycles. The number of nitrogens with one attached hydrogen (secondary N) is 1. The number of rotatable bonds is 6. The fourth-order valence-electron chi connectivity index (χ4n) is 2.29. The molecule has 6 nitrogen and oxygen atoms in total. The third-order valence-corrected chi connectivity index (χ3v) is 3.66. The Labute approximate surface area is 135 Å². The molecule has 6 heteroatoms. The van der Waals surface area contributed by atoms with Crippen LogP contribution in [0.2, 0.25) is 0 Å². The Hall–Kier alpha value is -2.47. The Morgan fingerprint density at radius 2 is 1.91 bits per heavy atom. The first kappa shape index (κ1) is 15.4. The van der Waals surface area contributed by atoms with Crippen LogP contribution in [0.15, 0.2) is 41.1 Å². The molecule has 2 heterocycles. The van der Waals surface area contributed by atoms with E-state index in [-0.39, 0.29) is 6.04 Å². The highest BCUT2D eigenvalue weighted by atomic mass is 16.4. The van der Waals surface area contributed by atoms with Crippen molar-refractivity contribution in [2.45, 2.75) is 33.4 Å². The van der Waals surface area contributed by atoms with Gasteiger partial charge in [0.2, 0.25) is 11.8 Å². The van der Waals surface area contributed by atoms with Crippen LogP contribution in [0.4, 0.5) is 0 Å². The molecule has 0 fully saturated rings. The average molecular weight is 311 g/mol. The summed E-state index contributed by atoms with van der Waals surface area (Å²) in [6, 6.07) is 8.05. The Balaban J connectivity index is 1.57. The zero-order chi connectivity index (χ0) is 16.2. The van der Waals surface area contributed by atoms with Crippen LogP contribution in [0.1, 0.15) is 30.0 Å². The third-order valence-electron chi connectivity index (χ3n) is 3.66. The van der Waals surface area contributed by atoms with E-state index in [0.717, 1.165) is 24.2 Å². The van der Waals surface area contributed by atoms with E-state index >= 15 is 0 Å². The van der Waals surface area contributed by atoms with Crippen molar-refractivity contribution < 1.29 is 4.42 Å². The van der Waals surface area contributed by atoms with Gasteiger partial charge in [0, 0.05) is 18.3 Å². The predicted octanol–water partition coefficient (Wildman–Crippen LogP) is 2.90. The highest BCUT2D eigenvalue weighted by molar-refractivity contribution is 5.52. The monoisotopic (exact) mass is 311 g/mol. The lowest BCUT2D eigenvalue weighted by atomic mass is 10.1. The van der Waals surface area contributed by atoms with Crippen LogP contribution in [0.5, 0.6) is 0 Å². The topological polar surface area (TPSA) is 68.8 Å². The van der Waals surface area contributed by atoms with Crippen LogP contribution in [0.3, 0.4) is 0 Å². The molecule has 120 valence electrons. The second-order valence-electron chi connectivity index (χ2n) is 5.77. The van der Waals surface area contributed by atoms with Crippen LogP contribution in [0.25, 0.3) is 11.5 Å². The smallest absolute Gasteiger partial charge is 0.247 e. The minimum absolute atomic E-state index is 0.00152. The van der Waals surface area contributed by atoms with E-state index in [1.165, 1.54) is 5.56 Å². The van der Waals surface area contributed by atoms with E-state index in [1.807, 2.05) is 55.2 Å². The van der Waals surface area contributed by atoms with Gasteiger partial charge in [0.1, 0.15) is 0 Å². The summed E-state index contributed by atoms with van der Waals surface area (Å²) in [4.78, 5) is 0. The number of hydrogen-bond acceptors (Lipinski definition) is 5. The number of hydrogen-bond donors (Lipinski definition) is 1. The Morgan fingerprint density at radius 1 is 1.13 bits per heavy atom. The first-order valence-corrected chi connectivity index (χ1v) is 7.75.